The average molecular weight is 180 g/mol. The van der Waals surface area contributed by atoms with Crippen LogP contribution in [0.1, 0.15) is 16.7 Å². The van der Waals surface area contributed by atoms with Gasteiger partial charge in [0.15, 0.2) is 0 Å². The van der Waals surface area contributed by atoms with Gasteiger partial charge in [-0.15, -0.1) is 0 Å². The summed E-state index contributed by atoms with van der Waals surface area (Å²) in [7, 11) is 0. The molecule has 1 aromatic rings. The highest BCUT2D eigenvalue weighted by molar-refractivity contribution is 5.59. The largest absolute Gasteiger partial charge is 0.198 e. The van der Waals surface area contributed by atoms with E-state index < -0.39 is 0 Å². The topological polar surface area (TPSA) is 47.6 Å². The fraction of sp³-hybridized carbons (Fsp3) is 0.167. The number of hydrogen-bond acceptors (Lipinski definition) is 2. The van der Waals surface area contributed by atoms with Crippen LogP contribution >= 0.6 is 0 Å². The smallest absolute Gasteiger partial charge is 0.0991 e. The average Bonchev–Trinajstić information content (AvgIpc) is 2.27. The second kappa shape index (κ2) is 3.36. The summed E-state index contributed by atoms with van der Waals surface area (Å²) in [5.74, 6) is -0.0181. The van der Waals surface area contributed by atoms with Crippen LogP contribution in [0.5, 0.6) is 0 Å². The fourth-order valence-corrected chi connectivity index (χ4v) is 1.62. The molecule has 2 nitrogen and oxygen atoms in total. The van der Waals surface area contributed by atoms with Crippen LogP contribution in [0, 0.1) is 28.6 Å². The van der Waals surface area contributed by atoms with Gasteiger partial charge in [0.2, 0.25) is 0 Å². The lowest BCUT2D eigenvalue weighted by molar-refractivity contribution is 0.810. The van der Waals surface area contributed by atoms with Crippen molar-refractivity contribution in [2.24, 2.45) is 5.92 Å². The minimum absolute atomic E-state index is 0.0181. The van der Waals surface area contributed by atoms with E-state index in [9.17, 15) is 0 Å². The molecule has 0 heterocycles. The maximum Gasteiger partial charge on any atom is 0.0991 e. The molecular weight excluding hydrogens is 172 g/mol. The van der Waals surface area contributed by atoms with Crippen molar-refractivity contribution in [2.75, 3.05) is 0 Å². The molecule has 2 rings (SSSR count). The number of nitriles is 2. The van der Waals surface area contributed by atoms with E-state index in [1.807, 2.05) is 24.3 Å². The van der Waals surface area contributed by atoms with E-state index >= 15 is 0 Å². The van der Waals surface area contributed by atoms with Gasteiger partial charge in [-0.2, -0.15) is 10.5 Å². The Labute approximate surface area is 82.7 Å². The van der Waals surface area contributed by atoms with Gasteiger partial charge in [0.25, 0.3) is 0 Å². The first-order valence-corrected chi connectivity index (χ1v) is 4.44. The minimum Gasteiger partial charge on any atom is -0.198 e. The summed E-state index contributed by atoms with van der Waals surface area (Å²) in [5, 5.41) is 17.5. The monoisotopic (exact) mass is 180 g/mol. The molecule has 0 fully saturated rings. The van der Waals surface area contributed by atoms with Crippen LogP contribution in [0.2, 0.25) is 0 Å². The van der Waals surface area contributed by atoms with Crippen LogP contribution in [-0.4, -0.2) is 0 Å². The number of nitrogens with zero attached hydrogens (tertiary/aromatic N) is 2. The second-order valence-electron chi connectivity index (χ2n) is 3.32. The number of fused-ring (bicyclic) bond motifs is 1. The lowest BCUT2D eigenvalue weighted by atomic mass is 9.90. The molecule has 66 valence electrons. The standard InChI is InChI=1S/C12H8N2/c13-7-9-1-3-11-6-10(8-14)2-4-12(11)5-9/h1-5,10H,6H2. The molecule has 0 N–H and O–H groups in total. The van der Waals surface area contributed by atoms with Gasteiger partial charge < -0.3 is 0 Å². The van der Waals surface area contributed by atoms with Crippen LogP contribution in [-0.2, 0) is 6.42 Å². The van der Waals surface area contributed by atoms with E-state index in [0.29, 0.717) is 5.56 Å². The first-order chi connectivity index (χ1) is 6.83. The van der Waals surface area contributed by atoms with Crippen LogP contribution in [0.15, 0.2) is 24.3 Å². The summed E-state index contributed by atoms with van der Waals surface area (Å²) in [6.07, 6.45) is 4.57. The Morgan fingerprint density at radius 3 is 2.86 bits per heavy atom. The molecule has 0 amide bonds. The van der Waals surface area contributed by atoms with Crippen molar-refractivity contribution >= 4 is 6.08 Å². The van der Waals surface area contributed by atoms with Crippen LogP contribution < -0.4 is 0 Å². The van der Waals surface area contributed by atoms with E-state index in [2.05, 4.69) is 12.1 Å². The van der Waals surface area contributed by atoms with Gasteiger partial charge >= 0.3 is 0 Å². The van der Waals surface area contributed by atoms with Gasteiger partial charge in [-0.05, 0) is 29.7 Å². The summed E-state index contributed by atoms with van der Waals surface area (Å²) < 4.78 is 0. The third-order valence-corrected chi connectivity index (χ3v) is 2.39. The molecule has 1 aromatic carbocycles. The summed E-state index contributed by atoms with van der Waals surface area (Å²) in [4.78, 5) is 0. The quantitative estimate of drug-likeness (QED) is 0.614. The van der Waals surface area contributed by atoms with Crippen molar-refractivity contribution in [3.8, 4) is 12.1 Å². The normalized spacial score (nSPS) is 18.0. The predicted molar refractivity (Wildman–Crippen MR) is 53.0 cm³/mol. The first-order valence-electron chi connectivity index (χ1n) is 4.44. The summed E-state index contributed by atoms with van der Waals surface area (Å²) in [6.45, 7) is 0. The van der Waals surface area contributed by atoms with E-state index in [1.165, 1.54) is 0 Å². The zero-order valence-corrected chi connectivity index (χ0v) is 7.57. The summed E-state index contributed by atoms with van der Waals surface area (Å²) in [6, 6.07) is 9.92. The van der Waals surface area contributed by atoms with E-state index in [0.717, 1.165) is 17.5 Å². The second-order valence-corrected chi connectivity index (χ2v) is 3.32. The molecule has 0 saturated heterocycles. The number of benzene rings is 1. The van der Waals surface area contributed by atoms with Crippen molar-refractivity contribution in [3.63, 3.8) is 0 Å². The molecule has 1 aliphatic carbocycles. The fourth-order valence-electron chi connectivity index (χ4n) is 1.62. The molecule has 0 bridgehead atoms. The summed E-state index contributed by atoms with van der Waals surface area (Å²) in [5.41, 5.74) is 2.89. The van der Waals surface area contributed by atoms with Gasteiger partial charge in [-0.25, -0.2) is 0 Å². The Balaban J connectivity index is 2.43. The van der Waals surface area contributed by atoms with E-state index in [1.54, 1.807) is 6.07 Å². The van der Waals surface area contributed by atoms with Crippen molar-refractivity contribution in [1.82, 2.24) is 0 Å². The lowest BCUT2D eigenvalue weighted by Gasteiger charge is -2.13. The molecule has 0 aliphatic heterocycles. The molecule has 1 aliphatic rings. The Hall–Kier alpha value is -2.06. The molecule has 0 radical (unpaired) electrons. The number of rotatable bonds is 0. The van der Waals surface area contributed by atoms with Crippen LogP contribution in [0.3, 0.4) is 0 Å². The molecule has 1 unspecified atom stereocenters. The Morgan fingerprint density at radius 2 is 2.14 bits per heavy atom. The van der Waals surface area contributed by atoms with Crippen molar-refractivity contribution < 1.29 is 0 Å². The molecule has 1 atom stereocenters. The number of hydrogen-bond donors (Lipinski definition) is 0. The van der Waals surface area contributed by atoms with E-state index in [4.69, 9.17) is 10.5 Å². The van der Waals surface area contributed by atoms with Crippen molar-refractivity contribution in [2.45, 2.75) is 6.42 Å². The van der Waals surface area contributed by atoms with Crippen molar-refractivity contribution in [1.29, 1.82) is 10.5 Å². The molecule has 0 aromatic heterocycles. The van der Waals surface area contributed by atoms with Gasteiger partial charge in [0.1, 0.15) is 0 Å². The van der Waals surface area contributed by atoms with Crippen LogP contribution in [0.25, 0.3) is 6.08 Å². The summed E-state index contributed by atoms with van der Waals surface area (Å²) >= 11 is 0. The molecule has 0 saturated carbocycles. The highest BCUT2D eigenvalue weighted by atomic mass is 14.3. The Morgan fingerprint density at radius 1 is 1.29 bits per heavy atom. The minimum atomic E-state index is -0.0181. The third-order valence-electron chi connectivity index (χ3n) is 2.39. The first kappa shape index (κ1) is 8.53. The third kappa shape index (κ3) is 1.39. The molecular formula is C12H8N2. The predicted octanol–water partition coefficient (Wildman–Crippen LogP) is 2.27. The molecule has 2 heteroatoms. The Kier molecular flexibility index (Phi) is 2.05. The lowest BCUT2D eigenvalue weighted by Crippen LogP contribution is -2.04. The zero-order valence-electron chi connectivity index (χ0n) is 7.57. The van der Waals surface area contributed by atoms with Gasteiger partial charge in [0.05, 0.1) is 23.6 Å². The van der Waals surface area contributed by atoms with E-state index in [-0.39, 0.29) is 5.92 Å². The molecule has 14 heavy (non-hydrogen) atoms. The Bertz CT molecular complexity index is 472. The van der Waals surface area contributed by atoms with Crippen molar-refractivity contribution in [3.05, 3.63) is 41.0 Å². The zero-order chi connectivity index (χ0) is 9.97. The van der Waals surface area contributed by atoms with Gasteiger partial charge in [-0.3, -0.25) is 0 Å². The highest BCUT2D eigenvalue weighted by Gasteiger charge is 2.12. The maximum atomic E-state index is 8.76. The van der Waals surface area contributed by atoms with Gasteiger partial charge in [0, 0.05) is 0 Å². The highest BCUT2D eigenvalue weighted by Crippen LogP contribution is 2.23. The maximum absolute atomic E-state index is 8.76. The van der Waals surface area contributed by atoms with Crippen LogP contribution in [0.4, 0.5) is 0 Å². The SMILES string of the molecule is N#Cc1ccc2c(c1)C=CC(C#N)C2. The van der Waals surface area contributed by atoms with Gasteiger partial charge in [-0.1, -0.05) is 18.2 Å². The number of allylic oxidation sites excluding steroid dienone is 1. The molecule has 0 spiro atoms.